The van der Waals surface area contributed by atoms with E-state index in [-0.39, 0.29) is 22.4 Å². The van der Waals surface area contributed by atoms with Crippen molar-refractivity contribution in [3.8, 4) is 5.88 Å². The van der Waals surface area contributed by atoms with Gasteiger partial charge in [-0.05, 0) is 73.1 Å². The van der Waals surface area contributed by atoms with Crippen molar-refractivity contribution in [2.75, 3.05) is 19.8 Å². The number of rotatable bonds is 8. The Hall–Kier alpha value is -2.90. The average molecular weight is 478 g/mol. The van der Waals surface area contributed by atoms with Crippen LogP contribution in [0.1, 0.15) is 54.7 Å². The molecule has 4 atom stereocenters. The zero-order chi connectivity index (χ0) is 24.6. The van der Waals surface area contributed by atoms with Crippen molar-refractivity contribution in [2.45, 2.75) is 45.6 Å². The van der Waals surface area contributed by atoms with Gasteiger partial charge in [0, 0.05) is 30.9 Å². The fourth-order valence-corrected chi connectivity index (χ4v) is 5.69. The number of nitrogens with zero attached hydrogens (tertiary/aromatic N) is 2. The van der Waals surface area contributed by atoms with E-state index in [2.05, 4.69) is 16.9 Å². The second-order valence-corrected chi connectivity index (χ2v) is 9.98. The van der Waals surface area contributed by atoms with Gasteiger partial charge < -0.3 is 15.2 Å². The summed E-state index contributed by atoms with van der Waals surface area (Å²) in [5.41, 5.74) is 8.84. The number of hydrogen-bond donors (Lipinski definition) is 1. The molecule has 1 aliphatic carbocycles. The van der Waals surface area contributed by atoms with Gasteiger partial charge in [0.1, 0.15) is 17.0 Å². The van der Waals surface area contributed by atoms with E-state index in [0.717, 1.165) is 37.2 Å². The molecule has 6 nitrogen and oxygen atoms in total. The number of benzene rings is 1. The number of para-hydroxylation sites is 1. The molecule has 2 fully saturated rings. The van der Waals surface area contributed by atoms with Crippen molar-refractivity contribution in [2.24, 2.45) is 23.0 Å². The third-order valence-electron chi connectivity index (χ3n) is 7.83. The van der Waals surface area contributed by atoms with E-state index >= 15 is 0 Å². The Morgan fingerprint density at radius 3 is 2.94 bits per heavy atom. The molecule has 2 N–H and O–H groups in total. The number of fused-ring (bicyclic) bond motifs is 1. The third-order valence-corrected chi connectivity index (χ3v) is 7.83. The molecule has 2 aromatic heterocycles. The van der Waals surface area contributed by atoms with Crippen molar-refractivity contribution in [3.05, 3.63) is 65.2 Å². The van der Waals surface area contributed by atoms with Crippen molar-refractivity contribution < 1.29 is 18.7 Å². The molecule has 1 spiro atoms. The van der Waals surface area contributed by atoms with Crippen molar-refractivity contribution in [1.29, 1.82) is 0 Å². The molecule has 3 aromatic rings. The van der Waals surface area contributed by atoms with Crippen LogP contribution in [0.2, 0.25) is 0 Å². The number of halogens is 1. The maximum atomic E-state index is 14.7. The molecule has 3 heterocycles. The average Bonchev–Trinajstić information content (AvgIpc) is 3.54. The van der Waals surface area contributed by atoms with Crippen LogP contribution in [0.5, 0.6) is 5.88 Å². The lowest BCUT2D eigenvalue weighted by atomic mass is 9.82. The predicted octanol–water partition coefficient (Wildman–Crippen LogP) is 4.72. The SMILES string of the molecule is CCOc1ccc(Cc2cc(C(=O)C(N)C[C@H]3C[C@]34CCOC[C@@H]4C)nc3c(F)cccc23)cn1. The summed E-state index contributed by atoms with van der Waals surface area (Å²) in [6.07, 6.45) is 4.97. The quantitative estimate of drug-likeness (QED) is 0.473. The zero-order valence-corrected chi connectivity index (χ0v) is 20.3. The lowest BCUT2D eigenvalue weighted by Crippen LogP contribution is -2.34. The van der Waals surface area contributed by atoms with Gasteiger partial charge in [0.05, 0.1) is 12.6 Å². The summed E-state index contributed by atoms with van der Waals surface area (Å²) < 4.78 is 25.8. The Labute approximate surface area is 205 Å². The van der Waals surface area contributed by atoms with Crippen LogP contribution in [0.15, 0.2) is 42.6 Å². The predicted molar refractivity (Wildman–Crippen MR) is 132 cm³/mol. The van der Waals surface area contributed by atoms with E-state index in [1.807, 2.05) is 25.1 Å². The Kier molecular flexibility index (Phi) is 6.55. The van der Waals surface area contributed by atoms with Gasteiger partial charge in [-0.1, -0.05) is 25.1 Å². The molecule has 7 heteroatoms. The van der Waals surface area contributed by atoms with Gasteiger partial charge in [-0.25, -0.2) is 14.4 Å². The molecular formula is C28H32FN3O3. The van der Waals surface area contributed by atoms with E-state index in [1.54, 1.807) is 18.3 Å². The second-order valence-electron chi connectivity index (χ2n) is 9.98. The Morgan fingerprint density at radius 1 is 1.34 bits per heavy atom. The van der Waals surface area contributed by atoms with E-state index in [1.165, 1.54) is 6.07 Å². The van der Waals surface area contributed by atoms with Crippen LogP contribution in [0.4, 0.5) is 4.39 Å². The lowest BCUT2D eigenvalue weighted by molar-refractivity contribution is 0.00622. The summed E-state index contributed by atoms with van der Waals surface area (Å²) in [6, 6.07) is 9.70. The molecule has 1 saturated carbocycles. The van der Waals surface area contributed by atoms with Gasteiger partial charge in [-0.2, -0.15) is 0 Å². The van der Waals surface area contributed by atoms with Crippen LogP contribution in [0.3, 0.4) is 0 Å². The van der Waals surface area contributed by atoms with Gasteiger partial charge in [0.15, 0.2) is 5.78 Å². The minimum atomic E-state index is -0.661. The van der Waals surface area contributed by atoms with E-state index in [0.29, 0.717) is 42.6 Å². The lowest BCUT2D eigenvalue weighted by Gasteiger charge is -2.30. The standard InChI is InChI=1S/C28H32FN3O3/c1-3-35-25-8-7-18(15-31-25)11-19-12-24(32-26-21(19)5-4-6-22(26)29)27(33)23(30)13-20-14-28(20)9-10-34-16-17(28)2/h4-8,12,15,17,20,23H,3,9-11,13-14,16,30H2,1-2H3/t17-,20-,23?,28-/m0/s1. The highest BCUT2D eigenvalue weighted by atomic mass is 19.1. The zero-order valence-electron chi connectivity index (χ0n) is 20.3. The highest BCUT2D eigenvalue weighted by molar-refractivity contribution is 6.00. The monoisotopic (exact) mass is 477 g/mol. The highest BCUT2D eigenvalue weighted by Gasteiger charge is 2.58. The van der Waals surface area contributed by atoms with Crippen LogP contribution < -0.4 is 10.5 Å². The molecule has 0 bridgehead atoms. The number of ketones is 1. The molecule has 1 saturated heterocycles. The van der Waals surface area contributed by atoms with Crippen molar-refractivity contribution >= 4 is 16.7 Å². The van der Waals surface area contributed by atoms with E-state index in [9.17, 15) is 9.18 Å². The minimum Gasteiger partial charge on any atom is -0.478 e. The van der Waals surface area contributed by atoms with Crippen LogP contribution >= 0.6 is 0 Å². The molecule has 184 valence electrons. The Balaban J connectivity index is 1.39. The minimum absolute atomic E-state index is 0.195. The number of ether oxygens (including phenoxy) is 2. The van der Waals surface area contributed by atoms with Crippen molar-refractivity contribution in [1.82, 2.24) is 9.97 Å². The summed E-state index contributed by atoms with van der Waals surface area (Å²) in [6.45, 7) is 6.22. The second kappa shape index (κ2) is 9.63. The van der Waals surface area contributed by atoms with Crippen LogP contribution in [0, 0.1) is 23.1 Å². The first-order valence-corrected chi connectivity index (χ1v) is 12.4. The number of carbonyl (C=O) groups excluding carboxylic acids is 1. The summed E-state index contributed by atoms with van der Waals surface area (Å²) in [5.74, 6) is 0.773. The fourth-order valence-electron chi connectivity index (χ4n) is 5.69. The maximum Gasteiger partial charge on any atom is 0.213 e. The van der Waals surface area contributed by atoms with Crippen molar-refractivity contribution in [3.63, 3.8) is 0 Å². The molecule has 0 radical (unpaired) electrons. The number of pyridine rings is 2. The normalized spacial score (nSPS) is 24.5. The number of Topliss-reactive ketones (excluding diaryl/α,β-unsaturated/α-hetero) is 1. The summed E-state index contributed by atoms with van der Waals surface area (Å²) in [5, 5.41) is 0.682. The molecular weight excluding hydrogens is 445 g/mol. The maximum absolute atomic E-state index is 14.7. The number of carbonyl (C=O) groups is 1. The summed E-state index contributed by atoms with van der Waals surface area (Å²) in [7, 11) is 0. The molecule has 0 amide bonds. The molecule has 35 heavy (non-hydrogen) atoms. The largest absolute Gasteiger partial charge is 0.478 e. The molecule has 5 rings (SSSR count). The van der Waals surface area contributed by atoms with Crippen LogP contribution in [-0.2, 0) is 11.2 Å². The molecule has 1 aliphatic heterocycles. The molecule has 1 aromatic carbocycles. The van der Waals surface area contributed by atoms with Crippen LogP contribution in [-0.4, -0.2) is 41.6 Å². The topological polar surface area (TPSA) is 87.3 Å². The van der Waals surface area contributed by atoms with E-state index in [4.69, 9.17) is 15.2 Å². The third kappa shape index (κ3) is 4.67. The Morgan fingerprint density at radius 2 is 2.20 bits per heavy atom. The van der Waals surface area contributed by atoms with Crippen LogP contribution in [0.25, 0.3) is 10.9 Å². The van der Waals surface area contributed by atoms with Gasteiger partial charge in [-0.3, -0.25) is 4.79 Å². The van der Waals surface area contributed by atoms with Gasteiger partial charge >= 0.3 is 0 Å². The Bertz CT molecular complexity index is 1230. The first kappa shape index (κ1) is 23.8. The molecule has 1 unspecified atom stereocenters. The van der Waals surface area contributed by atoms with Gasteiger partial charge in [0.25, 0.3) is 0 Å². The fraction of sp³-hybridized carbons (Fsp3) is 0.464. The summed E-state index contributed by atoms with van der Waals surface area (Å²) in [4.78, 5) is 22.1. The number of hydrogen-bond acceptors (Lipinski definition) is 6. The first-order valence-electron chi connectivity index (χ1n) is 12.4. The summed E-state index contributed by atoms with van der Waals surface area (Å²) >= 11 is 0. The first-order chi connectivity index (χ1) is 16.9. The highest BCUT2D eigenvalue weighted by Crippen LogP contribution is 2.63. The van der Waals surface area contributed by atoms with E-state index < -0.39 is 11.9 Å². The van der Waals surface area contributed by atoms with Gasteiger partial charge in [0.2, 0.25) is 5.88 Å². The number of aromatic nitrogens is 2. The van der Waals surface area contributed by atoms with Gasteiger partial charge in [-0.15, -0.1) is 0 Å². The number of nitrogens with two attached hydrogens (primary N) is 1. The smallest absolute Gasteiger partial charge is 0.213 e. The molecule has 2 aliphatic rings.